The first-order chi connectivity index (χ1) is 11.8. The van der Waals surface area contributed by atoms with Crippen LogP contribution in [0.5, 0.6) is 0 Å². The largest absolute Gasteiger partial charge is 0.481 e. The van der Waals surface area contributed by atoms with E-state index in [1.807, 2.05) is 19.1 Å². The number of halogens is 1. The fraction of sp³-hybridized carbons (Fsp3) is 0.278. The van der Waals surface area contributed by atoms with Gasteiger partial charge in [-0.15, -0.1) is 0 Å². The SMILES string of the molecule is CCc1ccc(N(CCCC(=O)O)S(=O)(=O)c2ccc(Br)cc2)cc1. The molecule has 5 nitrogen and oxygen atoms in total. The number of carboxylic acid groups (broad SMARTS) is 1. The molecule has 0 atom stereocenters. The molecule has 0 aromatic heterocycles. The van der Waals surface area contributed by atoms with Crippen LogP contribution in [0.4, 0.5) is 5.69 Å². The number of carbonyl (C=O) groups is 1. The predicted octanol–water partition coefficient (Wildman–Crippen LogP) is 4.07. The summed E-state index contributed by atoms with van der Waals surface area (Å²) in [6.07, 6.45) is 1.01. The van der Waals surface area contributed by atoms with Crippen molar-refractivity contribution in [1.29, 1.82) is 0 Å². The molecular weight excluding hydrogens is 406 g/mol. The van der Waals surface area contributed by atoms with Gasteiger partial charge in [0.15, 0.2) is 0 Å². The number of hydrogen-bond donors (Lipinski definition) is 1. The number of hydrogen-bond acceptors (Lipinski definition) is 3. The first-order valence-electron chi connectivity index (χ1n) is 7.93. The fourth-order valence-electron chi connectivity index (χ4n) is 2.39. The molecule has 7 heteroatoms. The minimum Gasteiger partial charge on any atom is -0.481 e. The summed E-state index contributed by atoms with van der Waals surface area (Å²) < 4.78 is 28.1. The van der Waals surface area contributed by atoms with Crippen LogP contribution in [0.1, 0.15) is 25.3 Å². The Labute approximate surface area is 156 Å². The maximum absolute atomic E-state index is 13.0. The monoisotopic (exact) mass is 425 g/mol. The van der Waals surface area contributed by atoms with E-state index in [-0.39, 0.29) is 24.3 Å². The van der Waals surface area contributed by atoms with Gasteiger partial charge in [-0.05, 0) is 54.8 Å². The Balaban J connectivity index is 2.37. The number of carboxylic acids is 1. The first-order valence-corrected chi connectivity index (χ1v) is 10.2. The second-order valence-corrected chi connectivity index (χ2v) is 8.33. The van der Waals surface area contributed by atoms with Gasteiger partial charge in [-0.3, -0.25) is 9.10 Å². The summed E-state index contributed by atoms with van der Waals surface area (Å²) in [7, 11) is -3.77. The van der Waals surface area contributed by atoms with Crippen LogP contribution in [-0.2, 0) is 21.2 Å². The van der Waals surface area contributed by atoms with Crippen molar-refractivity contribution < 1.29 is 18.3 Å². The molecule has 134 valence electrons. The van der Waals surface area contributed by atoms with Gasteiger partial charge in [0.2, 0.25) is 0 Å². The third-order valence-corrected chi connectivity index (χ3v) is 6.16. The molecule has 2 aromatic carbocycles. The van der Waals surface area contributed by atoms with Crippen LogP contribution < -0.4 is 4.31 Å². The summed E-state index contributed by atoms with van der Waals surface area (Å²) in [4.78, 5) is 11.0. The standard InChI is InChI=1S/C18H20BrNO4S/c1-2-14-5-9-16(10-6-14)20(13-3-4-18(21)22)25(23,24)17-11-7-15(19)8-12-17/h5-12H,2-4,13H2,1H3,(H,21,22). The highest BCUT2D eigenvalue weighted by atomic mass is 79.9. The Morgan fingerprint density at radius 1 is 1.08 bits per heavy atom. The third kappa shape index (κ3) is 5.06. The molecule has 0 fully saturated rings. The number of aryl methyl sites for hydroxylation is 1. The van der Waals surface area contributed by atoms with Gasteiger partial charge in [0.1, 0.15) is 0 Å². The summed E-state index contributed by atoms with van der Waals surface area (Å²) in [5.41, 5.74) is 1.64. The molecular formula is C18H20BrNO4S. The highest BCUT2D eigenvalue weighted by Crippen LogP contribution is 2.26. The average molecular weight is 426 g/mol. The van der Waals surface area contributed by atoms with E-state index in [2.05, 4.69) is 15.9 Å². The maximum atomic E-state index is 13.0. The van der Waals surface area contributed by atoms with Crippen molar-refractivity contribution in [2.45, 2.75) is 31.1 Å². The van der Waals surface area contributed by atoms with Crippen LogP contribution in [-0.4, -0.2) is 26.0 Å². The van der Waals surface area contributed by atoms with E-state index in [1.54, 1.807) is 24.3 Å². The molecule has 0 spiro atoms. The Kier molecular flexibility index (Phi) is 6.61. The number of rotatable bonds is 8. The number of sulfonamides is 1. The number of nitrogens with zero attached hydrogens (tertiary/aromatic N) is 1. The highest BCUT2D eigenvalue weighted by molar-refractivity contribution is 9.10. The molecule has 0 saturated heterocycles. The van der Waals surface area contributed by atoms with E-state index in [0.29, 0.717) is 5.69 Å². The molecule has 0 amide bonds. The van der Waals surface area contributed by atoms with E-state index >= 15 is 0 Å². The molecule has 0 bridgehead atoms. The second kappa shape index (κ2) is 8.49. The summed E-state index contributed by atoms with van der Waals surface area (Å²) in [5, 5.41) is 8.84. The van der Waals surface area contributed by atoms with Crippen molar-refractivity contribution in [1.82, 2.24) is 0 Å². The van der Waals surface area contributed by atoms with Gasteiger partial charge < -0.3 is 5.11 Å². The molecule has 1 N–H and O–H groups in total. The molecule has 0 unspecified atom stereocenters. The molecule has 2 aromatic rings. The highest BCUT2D eigenvalue weighted by Gasteiger charge is 2.24. The Hall–Kier alpha value is -1.86. The van der Waals surface area contributed by atoms with Crippen molar-refractivity contribution in [2.75, 3.05) is 10.8 Å². The predicted molar refractivity (Wildman–Crippen MR) is 101 cm³/mol. The number of aliphatic carboxylic acids is 1. The van der Waals surface area contributed by atoms with E-state index in [9.17, 15) is 13.2 Å². The van der Waals surface area contributed by atoms with Gasteiger partial charge in [-0.2, -0.15) is 0 Å². The second-order valence-electron chi connectivity index (χ2n) is 5.55. The quantitative estimate of drug-likeness (QED) is 0.691. The first kappa shape index (κ1) is 19.5. The molecule has 0 radical (unpaired) electrons. The van der Waals surface area contributed by atoms with Crippen LogP contribution in [0.3, 0.4) is 0 Å². The van der Waals surface area contributed by atoms with Gasteiger partial charge in [-0.1, -0.05) is 35.0 Å². The Bertz CT molecular complexity index is 817. The number of benzene rings is 2. The summed E-state index contributed by atoms with van der Waals surface area (Å²) in [6.45, 7) is 2.13. The zero-order valence-corrected chi connectivity index (χ0v) is 16.3. The molecule has 2 rings (SSSR count). The smallest absolute Gasteiger partial charge is 0.303 e. The van der Waals surface area contributed by atoms with Crippen LogP contribution >= 0.6 is 15.9 Å². The molecule has 0 saturated carbocycles. The molecule has 0 aliphatic rings. The van der Waals surface area contributed by atoms with Crippen molar-refractivity contribution in [2.24, 2.45) is 0 Å². The topological polar surface area (TPSA) is 74.7 Å². The van der Waals surface area contributed by atoms with Crippen molar-refractivity contribution in [3.05, 3.63) is 58.6 Å². The Morgan fingerprint density at radius 2 is 1.68 bits per heavy atom. The van der Waals surface area contributed by atoms with Crippen LogP contribution in [0.25, 0.3) is 0 Å². The fourth-order valence-corrected chi connectivity index (χ4v) is 4.16. The van der Waals surface area contributed by atoms with E-state index in [1.165, 1.54) is 16.4 Å². The minimum absolute atomic E-state index is 0.0839. The van der Waals surface area contributed by atoms with Crippen LogP contribution in [0.2, 0.25) is 0 Å². The van der Waals surface area contributed by atoms with Gasteiger partial charge in [0.25, 0.3) is 10.0 Å². The van der Waals surface area contributed by atoms with Gasteiger partial charge in [-0.25, -0.2) is 8.42 Å². The molecule has 0 aliphatic heterocycles. The van der Waals surface area contributed by atoms with E-state index in [4.69, 9.17) is 5.11 Å². The zero-order valence-electron chi connectivity index (χ0n) is 13.9. The van der Waals surface area contributed by atoms with Gasteiger partial charge in [0, 0.05) is 17.4 Å². The minimum atomic E-state index is -3.77. The number of anilines is 1. The third-order valence-electron chi connectivity index (χ3n) is 3.79. The van der Waals surface area contributed by atoms with Gasteiger partial charge >= 0.3 is 5.97 Å². The lowest BCUT2D eigenvalue weighted by Crippen LogP contribution is -2.32. The van der Waals surface area contributed by atoms with Crippen molar-refractivity contribution in [3.63, 3.8) is 0 Å². The average Bonchev–Trinajstić information content (AvgIpc) is 2.59. The molecule has 0 aliphatic carbocycles. The van der Waals surface area contributed by atoms with Crippen LogP contribution in [0.15, 0.2) is 57.9 Å². The summed E-state index contributed by atoms with van der Waals surface area (Å²) in [5.74, 6) is -0.942. The lowest BCUT2D eigenvalue weighted by molar-refractivity contribution is -0.137. The summed E-state index contributed by atoms with van der Waals surface area (Å²) >= 11 is 3.29. The molecule has 25 heavy (non-hydrogen) atoms. The lowest BCUT2D eigenvalue weighted by atomic mass is 10.1. The maximum Gasteiger partial charge on any atom is 0.303 e. The molecule has 0 heterocycles. The lowest BCUT2D eigenvalue weighted by Gasteiger charge is -2.24. The summed E-state index contributed by atoms with van der Waals surface area (Å²) in [6, 6.07) is 13.7. The van der Waals surface area contributed by atoms with Gasteiger partial charge in [0.05, 0.1) is 10.6 Å². The zero-order chi connectivity index (χ0) is 18.4. The van der Waals surface area contributed by atoms with Crippen LogP contribution in [0, 0.1) is 0 Å². The Morgan fingerprint density at radius 3 is 2.20 bits per heavy atom. The van der Waals surface area contributed by atoms with E-state index < -0.39 is 16.0 Å². The van der Waals surface area contributed by atoms with E-state index in [0.717, 1.165) is 16.5 Å². The normalized spacial score (nSPS) is 11.3. The van der Waals surface area contributed by atoms with Crippen molar-refractivity contribution >= 4 is 37.6 Å². The van der Waals surface area contributed by atoms with Crippen molar-refractivity contribution in [3.8, 4) is 0 Å².